The molecule has 0 aliphatic heterocycles. The van der Waals surface area contributed by atoms with Gasteiger partial charge in [0, 0.05) is 0 Å². The highest BCUT2D eigenvalue weighted by Crippen LogP contribution is 2.20. The Morgan fingerprint density at radius 2 is 1.60 bits per heavy atom. The zero-order valence-electron chi connectivity index (χ0n) is 17.0. The van der Waals surface area contributed by atoms with Gasteiger partial charge in [-0.1, -0.05) is 62.2 Å². The molecule has 6 heteroatoms. The lowest BCUT2D eigenvalue weighted by Crippen LogP contribution is -2.43. The van der Waals surface area contributed by atoms with Gasteiger partial charge in [0.2, 0.25) is 0 Å². The van der Waals surface area contributed by atoms with Gasteiger partial charge in [-0.15, -0.1) is 0 Å². The van der Waals surface area contributed by atoms with E-state index in [9.17, 15) is 9.59 Å². The first-order valence-electron chi connectivity index (χ1n) is 10.1. The topological polar surface area (TPSA) is 76.7 Å². The molecule has 0 bridgehead atoms. The molecule has 156 valence electrons. The molecule has 0 radical (unpaired) electrons. The molecule has 0 unspecified atom stereocenters. The van der Waals surface area contributed by atoms with Gasteiger partial charge in [0.15, 0.2) is 6.61 Å². The van der Waals surface area contributed by atoms with Crippen molar-refractivity contribution in [1.29, 1.82) is 0 Å². The standard InChI is InChI=1S/C24H26N2O4/c1-2-3-8-15-29-22-12-7-6-11-21(22)24(28)26-25-23(27)17-30-20-14-13-18-9-4-5-10-19(18)16-20/h4-7,9-14,16H,2-3,8,15,17H2,1H3,(H,25,27)(H,26,28). The van der Waals surface area contributed by atoms with E-state index in [0.29, 0.717) is 23.7 Å². The van der Waals surface area contributed by atoms with Crippen LogP contribution in [0.1, 0.15) is 36.5 Å². The fraction of sp³-hybridized carbons (Fsp3) is 0.250. The lowest BCUT2D eigenvalue weighted by Gasteiger charge is -2.12. The van der Waals surface area contributed by atoms with E-state index in [4.69, 9.17) is 9.47 Å². The normalized spacial score (nSPS) is 10.4. The van der Waals surface area contributed by atoms with E-state index in [1.165, 1.54) is 0 Å². The first-order valence-corrected chi connectivity index (χ1v) is 10.1. The number of hydrogen-bond acceptors (Lipinski definition) is 4. The number of rotatable bonds is 9. The summed E-state index contributed by atoms with van der Waals surface area (Å²) in [6.07, 6.45) is 3.09. The van der Waals surface area contributed by atoms with Crippen molar-refractivity contribution < 1.29 is 19.1 Å². The number of nitrogens with one attached hydrogen (secondary N) is 2. The van der Waals surface area contributed by atoms with Crippen LogP contribution in [0.4, 0.5) is 0 Å². The average Bonchev–Trinajstić information content (AvgIpc) is 2.79. The highest BCUT2D eigenvalue weighted by Gasteiger charge is 2.13. The van der Waals surface area contributed by atoms with Crippen LogP contribution in [0.3, 0.4) is 0 Å². The van der Waals surface area contributed by atoms with Crippen molar-refractivity contribution in [1.82, 2.24) is 10.9 Å². The van der Waals surface area contributed by atoms with Crippen LogP contribution < -0.4 is 20.3 Å². The van der Waals surface area contributed by atoms with Gasteiger partial charge in [0.05, 0.1) is 12.2 Å². The summed E-state index contributed by atoms with van der Waals surface area (Å²) in [6, 6.07) is 20.5. The summed E-state index contributed by atoms with van der Waals surface area (Å²) < 4.78 is 11.2. The van der Waals surface area contributed by atoms with Crippen LogP contribution in [0.15, 0.2) is 66.7 Å². The molecule has 0 aromatic heterocycles. The first kappa shape index (κ1) is 21.2. The van der Waals surface area contributed by atoms with E-state index in [0.717, 1.165) is 30.0 Å². The Morgan fingerprint density at radius 1 is 0.833 bits per heavy atom. The van der Waals surface area contributed by atoms with Crippen LogP contribution in [0.5, 0.6) is 11.5 Å². The maximum Gasteiger partial charge on any atom is 0.276 e. The van der Waals surface area contributed by atoms with Crippen molar-refractivity contribution in [3.05, 3.63) is 72.3 Å². The summed E-state index contributed by atoms with van der Waals surface area (Å²) in [6.45, 7) is 2.45. The fourth-order valence-electron chi connectivity index (χ4n) is 2.95. The van der Waals surface area contributed by atoms with Gasteiger partial charge in [0.1, 0.15) is 11.5 Å². The molecule has 3 rings (SSSR count). The molecule has 0 aliphatic carbocycles. The van der Waals surface area contributed by atoms with Gasteiger partial charge in [-0.25, -0.2) is 0 Å². The summed E-state index contributed by atoms with van der Waals surface area (Å²) in [5.74, 6) is 0.173. The Kier molecular flexibility index (Phi) is 7.66. The predicted octanol–water partition coefficient (Wildman–Crippen LogP) is 4.25. The van der Waals surface area contributed by atoms with Crippen molar-refractivity contribution in [2.24, 2.45) is 0 Å². The summed E-state index contributed by atoms with van der Waals surface area (Å²) in [5, 5.41) is 2.12. The minimum absolute atomic E-state index is 0.214. The maximum atomic E-state index is 12.4. The van der Waals surface area contributed by atoms with E-state index in [1.54, 1.807) is 24.3 Å². The summed E-state index contributed by atoms with van der Waals surface area (Å²) >= 11 is 0. The van der Waals surface area contributed by atoms with Crippen LogP contribution in [0, 0.1) is 0 Å². The lowest BCUT2D eigenvalue weighted by atomic mass is 10.1. The Balaban J connectivity index is 1.48. The summed E-state index contributed by atoms with van der Waals surface area (Å²) in [7, 11) is 0. The Morgan fingerprint density at radius 3 is 2.43 bits per heavy atom. The van der Waals surface area contributed by atoms with Crippen molar-refractivity contribution in [3.63, 3.8) is 0 Å². The van der Waals surface area contributed by atoms with E-state index >= 15 is 0 Å². The second kappa shape index (κ2) is 10.9. The largest absolute Gasteiger partial charge is 0.493 e. The number of hydrazine groups is 1. The van der Waals surface area contributed by atoms with Gasteiger partial charge in [0.25, 0.3) is 11.8 Å². The SMILES string of the molecule is CCCCCOc1ccccc1C(=O)NNC(=O)COc1ccc2ccccc2c1. The van der Waals surface area contributed by atoms with Crippen LogP contribution in [0.25, 0.3) is 10.8 Å². The fourth-order valence-corrected chi connectivity index (χ4v) is 2.95. The molecule has 30 heavy (non-hydrogen) atoms. The van der Waals surface area contributed by atoms with Gasteiger partial charge in [-0.05, 0) is 41.5 Å². The molecule has 2 N–H and O–H groups in total. The van der Waals surface area contributed by atoms with Crippen LogP contribution >= 0.6 is 0 Å². The molecule has 0 saturated carbocycles. The Hall–Kier alpha value is -3.54. The monoisotopic (exact) mass is 406 g/mol. The smallest absolute Gasteiger partial charge is 0.276 e. The van der Waals surface area contributed by atoms with E-state index in [1.807, 2.05) is 42.5 Å². The van der Waals surface area contributed by atoms with Gasteiger partial charge in [-0.3, -0.25) is 20.4 Å². The highest BCUT2D eigenvalue weighted by atomic mass is 16.5. The first-order chi connectivity index (χ1) is 14.7. The zero-order valence-corrected chi connectivity index (χ0v) is 17.0. The third-order valence-corrected chi connectivity index (χ3v) is 4.54. The second-order valence-electron chi connectivity index (χ2n) is 6.85. The van der Waals surface area contributed by atoms with Crippen molar-refractivity contribution in [2.45, 2.75) is 26.2 Å². The van der Waals surface area contributed by atoms with Gasteiger partial charge >= 0.3 is 0 Å². The quantitative estimate of drug-likeness (QED) is 0.411. The molecule has 3 aromatic rings. The molecule has 0 fully saturated rings. The summed E-state index contributed by atoms with van der Waals surface area (Å²) in [4.78, 5) is 24.5. The number of unbranched alkanes of at least 4 members (excludes halogenated alkanes) is 2. The van der Waals surface area contributed by atoms with Crippen LogP contribution in [-0.4, -0.2) is 25.0 Å². The second-order valence-corrected chi connectivity index (χ2v) is 6.85. The zero-order chi connectivity index (χ0) is 21.2. The van der Waals surface area contributed by atoms with E-state index in [-0.39, 0.29) is 6.61 Å². The highest BCUT2D eigenvalue weighted by molar-refractivity contribution is 5.97. The van der Waals surface area contributed by atoms with Crippen LogP contribution in [-0.2, 0) is 4.79 Å². The predicted molar refractivity (Wildman–Crippen MR) is 117 cm³/mol. The third-order valence-electron chi connectivity index (χ3n) is 4.54. The number of hydrogen-bond donors (Lipinski definition) is 2. The van der Waals surface area contributed by atoms with Crippen LogP contribution in [0.2, 0.25) is 0 Å². The van der Waals surface area contributed by atoms with E-state index < -0.39 is 11.8 Å². The molecular formula is C24H26N2O4. The summed E-state index contributed by atoms with van der Waals surface area (Å²) in [5.41, 5.74) is 5.15. The number of benzene rings is 3. The average molecular weight is 406 g/mol. The van der Waals surface area contributed by atoms with Crippen molar-refractivity contribution >= 4 is 22.6 Å². The van der Waals surface area contributed by atoms with Gasteiger partial charge in [-0.2, -0.15) is 0 Å². The third kappa shape index (κ3) is 5.98. The lowest BCUT2D eigenvalue weighted by molar-refractivity contribution is -0.123. The number of ether oxygens (including phenoxy) is 2. The van der Waals surface area contributed by atoms with Gasteiger partial charge < -0.3 is 9.47 Å². The minimum Gasteiger partial charge on any atom is -0.493 e. The van der Waals surface area contributed by atoms with Crippen molar-refractivity contribution in [2.75, 3.05) is 13.2 Å². The number of amides is 2. The Bertz CT molecular complexity index is 1000. The molecule has 0 aliphatic rings. The molecule has 3 aromatic carbocycles. The van der Waals surface area contributed by atoms with Crippen molar-refractivity contribution in [3.8, 4) is 11.5 Å². The number of carbonyl (C=O) groups excluding carboxylic acids is 2. The number of carbonyl (C=O) groups is 2. The molecule has 0 spiro atoms. The minimum atomic E-state index is -0.460. The maximum absolute atomic E-state index is 12.4. The molecule has 6 nitrogen and oxygen atoms in total. The molecule has 0 heterocycles. The molecule has 2 amide bonds. The number of para-hydroxylation sites is 1. The molecule has 0 saturated heterocycles. The molecular weight excluding hydrogens is 380 g/mol. The van der Waals surface area contributed by atoms with E-state index in [2.05, 4.69) is 17.8 Å². The molecule has 0 atom stereocenters. The number of fused-ring (bicyclic) bond motifs is 1. The Labute approximate surface area is 176 Å².